The third kappa shape index (κ3) is 1.89. The van der Waals surface area contributed by atoms with Crippen LogP contribution < -0.4 is 0 Å². The van der Waals surface area contributed by atoms with Gasteiger partial charge in [-0.3, -0.25) is 9.98 Å². The number of aliphatic imine (C=N–C) groups is 1. The molecule has 0 saturated heterocycles. The molecule has 1 aromatic heterocycles. The zero-order chi connectivity index (χ0) is 10.7. The maximum atomic E-state index is 4.46. The highest BCUT2D eigenvalue weighted by atomic mass is 14.8. The van der Waals surface area contributed by atoms with E-state index in [1.807, 2.05) is 18.5 Å². The third-order valence-electron chi connectivity index (χ3n) is 2.35. The van der Waals surface area contributed by atoms with Crippen LogP contribution in [0.4, 0.5) is 5.69 Å². The van der Waals surface area contributed by atoms with Crippen LogP contribution in [-0.4, -0.2) is 11.2 Å². The van der Waals surface area contributed by atoms with E-state index in [1.165, 1.54) is 5.56 Å². The van der Waals surface area contributed by atoms with Crippen LogP contribution >= 0.6 is 0 Å². The summed E-state index contributed by atoms with van der Waals surface area (Å²) in [7, 11) is 0. The fraction of sp³-hybridized carbons (Fsp3) is 0.231. The molecule has 2 nitrogen and oxygen atoms in total. The first-order valence-corrected chi connectivity index (χ1v) is 5.19. The largest absolute Gasteiger partial charge is 0.259 e. The van der Waals surface area contributed by atoms with E-state index < -0.39 is 0 Å². The Morgan fingerprint density at radius 3 is 3.00 bits per heavy atom. The highest BCUT2D eigenvalue weighted by Gasteiger charge is 2.02. The number of aryl methyl sites for hydroxylation is 1. The summed E-state index contributed by atoms with van der Waals surface area (Å²) in [6.45, 7) is 4.15. The minimum atomic E-state index is 0.947. The molecule has 0 aliphatic rings. The summed E-state index contributed by atoms with van der Waals surface area (Å²) in [5.41, 5.74) is 3.16. The number of hydrogen-bond donors (Lipinski definition) is 0. The Morgan fingerprint density at radius 1 is 1.33 bits per heavy atom. The summed E-state index contributed by atoms with van der Waals surface area (Å²) in [4.78, 5) is 8.85. The minimum absolute atomic E-state index is 0.947. The summed E-state index contributed by atoms with van der Waals surface area (Å²) in [6, 6.07) is 8.19. The Morgan fingerprint density at radius 2 is 2.20 bits per heavy atom. The predicted octanol–water partition coefficient (Wildman–Crippen LogP) is 3.66. The van der Waals surface area contributed by atoms with Crippen molar-refractivity contribution in [3.05, 3.63) is 36.0 Å². The van der Waals surface area contributed by atoms with Crippen LogP contribution in [-0.2, 0) is 0 Å². The number of aromatic nitrogens is 1. The Bertz CT molecular complexity index is 501. The van der Waals surface area contributed by atoms with Gasteiger partial charge >= 0.3 is 0 Å². The standard InChI is InChI=1S/C13H14N2/c1-3-8-14-12-10(2)6-7-11-5-4-9-15-13(11)12/h4-9H,3H2,1-2H3. The van der Waals surface area contributed by atoms with Crippen molar-refractivity contribution in [1.82, 2.24) is 4.98 Å². The summed E-state index contributed by atoms with van der Waals surface area (Å²) < 4.78 is 0. The van der Waals surface area contributed by atoms with E-state index in [4.69, 9.17) is 0 Å². The Labute approximate surface area is 89.7 Å². The average molecular weight is 198 g/mol. The highest BCUT2D eigenvalue weighted by molar-refractivity contribution is 5.91. The van der Waals surface area contributed by atoms with Crippen molar-refractivity contribution in [1.29, 1.82) is 0 Å². The van der Waals surface area contributed by atoms with Crippen LogP contribution in [0.3, 0.4) is 0 Å². The molecular weight excluding hydrogens is 184 g/mol. The lowest BCUT2D eigenvalue weighted by Gasteiger charge is -2.04. The topological polar surface area (TPSA) is 25.2 Å². The van der Waals surface area contributed by atoms with E-state index >= 15 is 0 Å². The molecule has 0 fully saturated rings. The molecule has 0 amide bonds. The number of nitrogens with zero attached hydrogens (tertiary/aromatic N) is 2. The second kappa shape index (κ2) is 4.22. The lowest BCUT2D eigenvalue weighted by molar-refractivity contribution is 1.30. The Kier molecular flexibility index (Phi) is 2.77. The molecule has 0 aliphatic carbocycles. The number of hydrogen-bond acceptors (Lipinski definition) is 2. The summed E-state index contributed by atoms with van der Waals surface area (Å²) in [6.07, 6.45) is 4.69. The smallest absolute Gasteiger partial charge is 0.0960 e. The molecule has 0 spiro atoms. The van der Waals surface area contributed by atoms with Crippen LogP contribution in [0.15, 0.2) is 35.5 Å². The molecule has 0 bridgehead atoms. The van der Waals surface area contributed by atoms with E-state index in [0.717, 1.165) is 23.0 Å². The fourth-order valence-corrected chi connectivity index (χ4v) is 1.58. The van der Waals surface area contributed by atoms with Crippen LogP contribution in [0.25, 0.3) is 10.9 Å². The van der Waals surface area contributed by atoms with Gasteiger partial charge in [-0.1, -0.05) is 25.1 Å². The Hall–Kier alpha value is -1.70. The lowest BCUT2D eigenvalue weighted by atomic mass is 10.1. The van der Waals surface area contributed by atoms with Crippen molar-refractivity contribution in [3.63, 3.8) is 0 Å². The lowest BCUT2D eigenvalue weighted by Crippen LogP contribution is -1.82. The van der Waals surface area contributed by atoms with Crippen LogP contribution in [0.1, 0.15) is 18.9 Å². The van der Waals surface area contributed by atoms with Gasteiger partial charge in [0.25, 0.3) is 0 Å². The number of fused-ring (bicyclic) bond motifs is 1. The van der Waals surface area contributed by atoms with Crippen molar-refractivity contribution in [3.8, 4) is 0 Å². The number of pyridine rings is 1. The first kappa shape index (κ1) is 9.84. The van der Waals surface area contributed by atoms with E-state index in [0.29, 0.717) is 0 Å². The molecule has 0 aliphatic heterocycles. The molecule has 0 saturated carbocycles. The van der Waals surface area contributed by atoms with Gasteiger partial charge in [0, 0.05) is 17.8 Å². The van der Waals surface area contributed by atoms with Gasteiger partial charge in [-0.15, -0.1) is 0 Å². The molecule has 2 heteroatoms. The molecule has 0 atom stereocenters. The van der Waals surface area contributed by atoms with Crippen molar-refractivity contribution < 1.29 is 0 Å². The Balaban J connectivity index is 2.68. The number of rotatable bonds is 2. The van der Waals surface area contributed by atoms with Gasteiger partial charge in [0.05, 0.1) is 11.2 Å². The van der Waals surface area contributed by atoms with Crippen LogP contribution in [0, 0.1) is 6.92 Å². The van der Waals surface area contributed by atoms with Crippen molar-refractivity contribution in [2.45, 2.75) is 20.3 Å². The summed E-state index contributed by atoms with van der Waals surface area (Å²) in [5.74, 6) is 0. The highest BCUT2D eigenvalue weighted by Crippen LogP contribution is 2.27. The molecule has 1 aromatic carbocycles. The normalized spacial score (nSPS) is 11.3. The van der Waals surface area contributed by atoms with Gasteiger partial charge in [-0.05, 0) is 25.0 Å². The van der Waals surface area contributed by atoms with Crippen molar-refractivity contribution in [2.24, 2.45) is 4.99 Å². The van der Waals surface area contributed by atoms with Gasteiger partial charge in [0.1, 0.15) is 0 Å². The van der Waals surface area contributed by atoms with Gasteiger partial charge in [0.2, 0.25) is 0 Å². The van der Waals surface area contributed by atoms with E-state index in [-0.39, 0.29) is 0 Å². The number of benzene rings is 1. The van der Waals surface area contributed by atoms with E-state index in [2.05, 4.69) is 42.0 Å². The zero-order valence-corrected chi connectivity index (χ0v) is 9.07. The van der Waals surface area contributed by atoms with Crippen molar-refractivity contribution in [2.75, 3.05) is 0 Å². The molecule has 1 heterocycles. The second-order valence-electron chi connectivity index (χ2n) is 3.53. The molecule has 2 rings (SSSR count). The van der Waals surface area contributed by atoms with Gasteiger partial charge < -0.3 is 0 Å². The van der Waals surface area contributed by atoms with E-state index in [1.54, 1.807) is 0 Å². The molecule has 0 unspecified atom stereocenters. The first-order valence-electron chi connectivity index (χ1n) is 5.19. The first-order chi connectivity index (χ1) is 7.33. The maximum absolute atomic E-state index is 4.46. The van der Waals surface area contributed by atoms with Crippen molar-refractivity contribution >= 4 is 22.8 Å². The van der Waals surface area contributed by atoms with Gasteiger partial charge in [-0.2, -0.15) is 0 Å². The average Bonchev–Trinajstić information content (AvgIpc) is 2.28. The predicted molar refractivity (Wildman–Crippen MR) is 64.9 cm³/mol. The maximum Gasteiger partial charge on any atom is 0.0960 e. The summed E-state index contributed by atoms with van der Waals surface area (Å²) >= 11 is 0. The monoisotopic (exact) mass is 198 g/mol. The molecule has 0 N–H and O–H groups in total. The minimum Gasteiger partial charge on any atom is -0.259 e. The molecule has 0 radical (unpaired) electrons. The zero-order valence-electron chi connectivity index (χ0n) is 9.07. The summed E-state index contributed by atoms with van der Waals surface area (Å²) in [5, 5.41) is 1.14. The van der Waals surface area contributed by atoms with Gasteiger partial charge in [-0.25, -0.2) is 0 Å². The quantitative estimate of drug-likeness (QED) is 0.676. The van der Waals surface area contributed by atoms with Crippen LogP contribution in [0.5, 0.6) is 0 Å². The second-order valence-corrected chi connectivity index (χ2v) is 3.53. The molecule has 2 aromatic rings. The van der Waals surface area contributed by atoms with Crippen LogP contribution in [0.2, 0.25) is 0 Å². The SMILES string of the molecule is CCC=Nc1c(C)ccc2cccnc12. The molecular formula is C13H14N2. The molecule has 76 valence electrons. The molecule has 15 heavy (non-hydrogen) atoms. The van der Waals surface area contributed by atoms with Gasteiger partial charge in [0.15, 0.2) is 0 Å². The fourth-order valence-electron chi connectivity index (χ4n) is 1.58. The third-order valence-corrected chi connectivity index (χ3v) is 2.35. The van der Waals surface area contributed by atoms with E-state index in [9.17, 15) is 0 Å².